The molecule has 1 aliphatic rings. The molecule has 10 N–H and O–H groups in total. The van der Waals surface area contributed by atoms with Gasteiger partial charge in [-0.1, -0.05) is 65.2 Å². The van der Waals surface area contributed by atoms with E-state index in [9.17, 15) is 28.8 Å². The topological polar surface area (TPSA) is 230 Å². The first-order chi connectivity index (χ1) is 24.9. The van der Waals surface area contributed by atoms with E-state index in [1.807, 2.05) is 51.2 Å². The van der Waals surface area contributed by atoms with Gasteiger partial charge in [-0.2, -0.15) is 11.8 Å². The van der Waals surface area contributed by atoms with Crippen molar-refractivity contribution in [3.63, 3.8) is 0 Å². The third-order valence-electron chi connectivity index (χ3n) is 9.74. The van der Waals surface area contributed by atoms with E-state index in [2.05, 4.69) is 31.6 Å². The number of rotatable bonds is 12. The van der Waals surface area contributed by atoms with Gasteiger partial charge in [0.1, 0.15) is 24.2 Å². The molecule has 14 nitrogen and oxygen atoms in total. The number of carbonyl (C=O) groups is 6. The first-order valence-electron chi connectivity index (χ1n) is 18.5. The van der Waals surface area contributed by atoms with Crippen LogP contribution in [0, 0.1) is 11.8 Å². The zero-order valence-electron chi connectivity index (χ0n) is 30.9. The smallest absolute Gasteiger partial charge is 0.243 e. The molecule has 2 aromatic rings. The van der Waals surface area contributed by atoms with E-state index >= 15 is 0 Å². The highest BCUT2D eigenvalue weighted by Gasteiger charge is 2.36. The highest BCUT2D eigenvalue weighted by Crippen LogP contribution is 2.20. The number of nitrogens with two attached hydrogens (primary N) is 2. The first kappa shape index (κ1) is 42.3. The molecule has 3 rings (SSSR count). The molecule has 1 aromatic heterocycles. The Bertz CT molecular complexity index is 1520. The van der Waals surface area contributed by atoms with Gasteiger partial charge in [0, 0.05) is 41.7 Å². The number of para-hydroxylation sites is 1. The van der Waals surface area contributed by atoms with Crippen LogP contribution in [0.2, 0.25) is 0 Å². The van der Waals surface area contributed by atoms with Gasteiger partial charge in [0.2, 0.25) is 35.4 Å². The largest absolute Gasteiger partial charge is 0.370 e. The van der Waals surface area contributed by atoms with E-state index in [-0.39, 0.29) is 36.6 Å². The molecule has 0 radical (unpaired) electrons. The monoisotopic (exact) mass is 742 g/mol. The molecule has 1 saturated heterocycles. The molecule has 1 aliphatic heterocycles. The SMILES string of the molecule is CC[C@@H](C)C1NC(=O)[C@H]([C@@H](C)CC)NC(=O)[C@@H](Cc2c[nH]c3ccccc23)NC(=O)CCCSC[C@@H](CCCCN)NC(=O)[C@H](CC(N)=O)NC1=O. The summed E-state index contributed by atoms with van der Waals surface area (Å²) >= 11 is 1.57. The Hall–Kier alpha value is -4.11. The summed E-state index contributed by atoms with van der Waals surface area (Å²) in [6.45, 7) is 7.87. The molecular formula is C37H58N8O6S. The van der Waals surface area contributed by atoms with Gasteiger partial charge in [-0.15, -0.1) is 0 Å². The van der Waals surface area contributed by atoms with Crippen LogP contribution in [0.5, 0.6) is 0 Å². The lowest BCUT2D eigenvalue weighted by Gasteiger charge is -2.31. The number of aromatic amines is 1. The summed E-state index contributed by atoms with van der Waals surface area (Å²) < 4.78 is 0. The molecule has 15 heteroatoms. The van der Waals surface area contributed by atoms with E-state index in [1.165, 1.54) is 0 Å². The lowest BCUT2D eigenvalue weighted by atomic mass is 9.94. The molecular weight excluding hydrogens is 685 g/mol. The second-order valence-corrected chi connectivity index (χ2v) is 15.0. The van der Waals surface area contributed by atoms with E-state index in [1.54, 1.807) is 18.7 Å². The molecule has 2 heterocycles. The van der Waals surface area contributed by atoms with Gasteiger partial charge >= 0.3 is 0 Å². The summed E-state index contributed by atoms with van der Waals surface area (Å²) in [5.41, 5.74) is 13.0. The highest BCUT2D eigenvalue weighted by atomic mass is 32.2. The van der Waals surface area contributed by atoms with E-state index in [0.29, 0.717) is 43.7 Å². The van der Waals surface area contributed by atoms with E-state index < -0.39 is 60.1 Å². The standard InChI is InChI=1S/C37H58N8O6S/c1-5-22(3)32-36(50)43-29(19-30(39)46)34(48)41-25(12-9-10-16-38)21-52-17-11-15-31(47)42-28(18-24-20-40-27-14-8-7-13-26(24)27)35(49)44-33(23(4)6-2)37(51)45-32/h7-8,13-14,20,22-23,25,28-29,32-33,40H,5-6,9-12,15-19,21,38H2,1-4H3,(H2,39,46)(H,41,48)(H,42,47)(H,43,50)(H,44,49)(H,45,51)/t22-,23+,25-,28-,29+,32?,33+/m1/s1. The molecule has 52 heavy (non-hydrogen) atoms. The summed E-state index contributed by atoms with van der Waals surface area (Å²) in [5, 5.41) is 15.2. The molecule has 1 aromatic carbocycles. The van der Waals surface area contributed by atoms with Gasteiger partial charge in [-0.05, 0) is 55.0 Å². The Balaban J connectivity index is 1.98. The van der Waals surface area contributed by atoms with Gasteiger partial charge in [-0.3, -0.25) is 28.8 Å². The lowest BCUT2D eigenvalue weighted by Crippen LogP contribution is -2.61. The van der Waals surface area contributed by atoms with Crippen LogP contribution in [0.3, 0.4) is 0 Å². The molecule has 0 bridgehead atoms. The van der Waals surface area contributed by atoms with Crippen molar-refractivity contribution in [2.75, 3.05) is 18.1 Å². The fraction of sp³-hybridized carbons (Fsp3) is 0.622. The van der Waals surface area contributed by atoms with Crippen molar-refractivity contribution < 1.29 is 28.8 Å². The average Bonchev–Trinajstić information content (AvgIpc) is 3.53. The third-order valence-corrected chi connectivity index (χ3v) is 11.0. The summed E-state index contributed by atoms with van der Waals surface area (Å²) in [6, 6.07) is 3.02. The normalized spacial score (nSPS) is 24.5. The third kappa shape index (κ3) is 12.8. The Labute approximate surface area is 310 Å². The van der Waals surface area contributed by atoms with Crippen molar-refractivity contribution in [3.05, 3.63) is 36.0 Å². The average molecular weight is 743 g/mol. The predicted octanol–water partition coefficient (Wildman–Crippen LogP) is 1.76. The van der Waals surface area contributed by atoms with Crippen LogP contribution >= 0.6 is 11.8 Å². The fourth-order valence-corrected chi connectivity index (χ4v) is 7.21. The minimum atomic E-state index is -1.26. The molecule has 0 saturated carbocycles. The van der Waals surface area contributed by atoms with Crippen LogP contribution in [0.25, 0.3) is 10.9 Å². The number of benzene rings is 1. The molecule has 0 spiro atoms. The summed E-state index contributed by atoms with van der Waals surface area (Å²) in [4.78, 5) is 84.0. The Kier molecular flexibility index (Phi) is 17.4. The zero-order valence-corrected chi connectivity index (χ0v) is 31.7. The molecule has 7 atom stereocenters. The van der Waals surface area contributed by atoms with Crippen LogP contribution in [-0.2, 0) is 35.2 Å². The number of aromatic nitrogens is 1. The van der Waals surface area contributed by atoms with Crippen molar-refractivity contribution in [3.8, 4) is 0 Å². The Morgan fingerprint density at radius 1 is 0.846 bits per heavy atom. The highest BCUT2D eigenvalue weighted by molar-refractivity contribution is 7.99. The number of hydrogen-bond donors (Lipinski definition) is 8. The van der Waals surface area contributed by atoms with Crippen molar-refractivity contribution in [2.24, 2.45) is 23.3 Å². The van der Waals surface area contributed by atoms with Crippen LogP contribution in [0.15, 0.2) is 30.5 Å². The minimum absolute atomic E-state index is 0.174. The van der Waals surface area contributed by atoms with Gasteiger partial charge < -0.3 is 43.0 Å². The van der Waals surface area contributed by atoms with Crippen LogP contribution in [0.4, 0.5) is 0 Å². The van der Waals surface area contributed by atoms with E-state index in [4.69, 9.17) is 11.5 Å². The summed E-state index contributed by atoms with van der Waals surface area (Å²) in [7, 11) is 0. The maximum Gasteiger partial charge on any atom is 0.243 e. The lowest BCUT2D eigenvalue weighted by molar-refractivity contribution is -0.136. The number of primary amides is 1. The van der Waals surface area contributed by atoms with Crippen molar-refractivity contribution in [1.29, 1.82) is 0 Å². The summed E-state index contributed by atoms with van der Waals surface area (Å²) in [5.74, 6) is -2.94. The maximum absolute atomic E-state index is 14.0. The van der Waals surface area contributed by atoms with Crippen LogP contribution in [0.1, 0.15) is 84.6 Å². The molecule has 1 fully saturated rings. The Morgan fingerprint density at radius 3 is 2.13 bits per heavy atom. The zero-order chi connectivity index (χ0) is 38.2. The second-order valence-electron chi connectivity index (χ2n) is 13.8. The number of carbonyl (C=O) groups excluding carboxylic acids is 6. The molecule has 1 unspecified atom stereocenters. The van der Waals surface area contributed by atoms with Gasteiger partial charge in [0.15, 0.2) is 0 Å². The number of hydrogen-bond acceptors (Lipinski definition) is 8. The fourth-order valence-electron chi connectivity index (χ4n) is 6.16. The minimum Gasteiger partial charge on any atom is -0.370 e. The van der Waals surface area contributed by atoms with Crippen LogP contribution in [-0.4, -0.2) is 88.7 Å². The molecule has 0 aliphatic carbocycles. The second kappa shape index (κ2) is 21.4. The van der Waals surface area contributed by atoms with Crippen molar-refractivity contribution in [2.45, 2.75) is 116 Å². The van der Waals surface area contributed by atoms with Gasteiger partial charge in [0.05, 0.1) is 6.42 Å². The number of unbranched alkanes of at least 4 members (excludes halogenated alkanes) is 1. The van der Waals surface area contributed by atoms with Gasteiger partial charge in [0.25, 0.3) is 0 Å². The number of fused-ring (bicyclic) bond motifs is 1. The van der Waals surface area contributed by atoms with Crippen molar-refractivity contribution in [1.82, 2.24) is 31.6 Å². The number of nitrogens with one attached hydrogen (secondary N) is 6. The number of amides is 6. The van der Waals surface area contributed by atoms with E-state index in [0.717, 1.165) is 29.3 Å². The van der Waals surface area contributed by atoms with Crippen LogP contribution < -0.4 is 38.1 Å². The predicted molar refractivity (Wildman–Crippen MR) is 204 cm³/mol. The quantitative estimate of drug-likeness (QED) is 0.149. The van der Waals surface area contributed by atoms with Crippen molar-refractivity contribution >= 4 is 58.1 Å². The first-order valence-corrected chi connectivity index (χ1v) is 19.7. The molecule has 288 valence electrons. The summed E-state index contributed by atoms with van der Waals surface area (Å²) in [6.07, 6.45) is 5.46. The Morgan fingerprint density at radius 2 is 1.48 bits per heavy atom. The van der Waals surface area contributed by atoms with Gasteiger partial charge in [-0.25, -0.2) is 0 Å². The molecule has 6 amide bonds. The number of thioether (sulfide) groups is 1. The number of H-pyrrole nitrogens is 1. The maximum atomic E-state index is 14.0.